The second-order valence-electron chi connectivity index (χ2n) is 10.1. The predicted molar refractivity (Wildman–Crippen MR) is 165 cm³/mol. The molecule has 0 N–H and O–H groups in total. The van der Waals surface area contributed by atoms with Crippen LogP contribution in [0.5, 0.6) is 0 Å². The van der Waals surface area contributed by atoms with Gasteiger partial charge in [-0.15, -0.1) is 11.3 Å². The molecule has 182 valence electrons. The van der Waals surface area contributed by atoms with Crippen LogP contribution >= 0.6 is 11.3 Å². The summed E-state index contributed by atoms with van der Waals surface area (Å²) in [6.07, 6.45) is 3.75. The molecule has 0 radical (unpaired) electrons. The Morgan fingerprint density at radius 2 is 1.31 bits per heavy atom. The number of rotatable bonds is 2. The van der Waals surface area contributed by atoms with Gasteiger partial charge in [0.1, 0.15) is 0 Å². The summed E-state index contributed by atoms with van der Waals surface area (Å²) < 4.78 is 5.17. The second-order valence-corrected chi connectivity index (χ2v) is 11.1. The van der Waals surface area contributed by atoms with Gasteiger partial charge >= 0.3 is 0 Å². The number of pyridine rings is 1. The maximum atomic E-state index is 4.35. The smallest absolute Gasteiger partial charge is 0.0783 e. The highest BCUT2D eigenvalue weighted by atomic mass is 32.1. The molecule has 0 fully saturated rings. The number of hydrogen-bond acceptors (Lipinski definition) is 3. The largest absolute Gasteiger partial charge is 0.306 e. The molecule has 9 rings (SSSR count). The summed E-state index contributed by atoms with van der Waals surface area (Å²) in [5, 5.41) is 5.25. The maximum absolute atomic E-state index is 4.35. The Bertz CT molecular complexity index is 2240. The molecule has 4 heterocycles. The topological polar surface area (TPSA) is 21.1 Å². The molecule has 1 aliphatic rings. The average Bonchev–Trinajstić information content (AvgIpc) is 3.55. The van der Waals surface area contributed by atoms with Crippen molar-refractivity contribution >= 4 is 70.4 Å². The Morgan fingerprint density at radius 3 is 2.23 bits per heavy atom. The van der Waals surface area contributed by atoms with Crippen LogP contribution in [0.1, 0.15) is 0 Å². The van der Waals surface area contributed by atoms with E-state index in [9.17, 15) is 0 Å². The van der Waals surface area contributed by atoms with Gasteiger partial charge in [0.25, 0.3) is 0 Å². The van der Waals surface area contributed by atoms with Crippen molar-refractivity contribution in [1.29, 1.82) is 0 Å². The Morgan fingerprint density at radius 1 is 0.538 bits per heavy atom. The van der Waals surface area contributed by atoms with Crippen molar-refractivity contribution in [3.05, 3.63) is 128 Å². The summed E-state index contributed by atoms with van der Waals surface area (Å²) in [4.78, 5) is 6.77. The molecular formula is C35H21N3S. The van der Waals surface area contributed by atoms with Gasteiger partial charge in [-0.3, -0.25) is 4.98 Å². The van der Waals surface area contributed by atoms with E-state index in [4.69, 9.17) is 0 Å². The number of anilines is 3. The fourth-order valence-corrected chi connectivity index (χ4v) is 7.48. The van der Waals surface area contributed by atoms with Gasteiger partial charge in [0.05, 0.1) is 28.1 Å². The number of fused-ring (bicyclic) bond motifs is 9. The van der Waals surface area contributed by atoms with Gasteiger partial charge in [0.15, 0.2) is 0 Å². The SMILES string of the molecule is c1cncc(-c2cccc(N3c4ccccc4-n4c5c3cccc5c3ccc5sc6ccccc6c5c34)c2)c1. The van der Waals surface area contributed by atoms with Crippen LogP contribution in [0.2, 0.25) is 0 Å². The van der Waals surface area contributed by atoms with Crippen molar-refractivity contribution in [2.75, 3.05) is 4.90 Å². The Hall–Kier alpha value is -4.93. The molecule has 0 unspecified atom stereocenters. The molecule has 5 aromatic carbocycles. The first kappa shape index (κ1) is 21.1. The maximum Gasteiger partial charge on any atom is 0.0783 e. The van der Waals surface area contributed by atoms with Crippen molar-refractivity contribution in [1.82, 2.24) is 9.55 Å². The first-order valence-electron chi connectivity index (χ1n) is 13.1. The van der Waals surface area contributed by atoms with E-state index in [1.165, 1.54) is 59.0 Å². The molecule has 0 spiro atoms. The fraction of sp³-hybridized carbons (Fsp3) is 0. The van der Waals surface area contributed by atoms with Crippen LogP contribution < -0.4 is 4.90 Å². The first-order chi connectivity index (χ1) is 19.4. The van der Waals surface area contributed by atoms with E-state index in [1.54, 1.807) is 0 Å². The lowest BCUT2D eigenvalue weighted by Crippen LogP contribution is -2.18. The number of hydrogen-bond donors (Lipinski definition) is 0. The van der Waals surface area contributed by atoms with Crippen LogP contribution in [0.3, 0.4) is 0 Å². The molecule has 0 amide bonds. The lowest BCUT2D eigenvalue weighted by molar-refractivity contribution is 1.12. The summed E-state index contributed by atoms with van der Waals surface area (Å²) in [7, 11) is 0. The van der Waals surface area contributed by atoms with Crippen LogP contribution in [-0.4, -0.2) is 9.55 Å². The van der Waals surface area contributed by atoms with Crippen molar-refractivity contribution in [3.8, 4) is 16.8 Å². The Kier molecular flexibility index (Phi) is 4.21. The zero-order valence-electron chi connectivity index (χ0n) is 20.9. The van der Waals surface area contributed by atoms with E-state index in [2.05, 4.69) is 124 Å². The third-order valence-electron chi connectivity index (χ3n) is 7.97. The van der Waals surface area contributed by atoms with E-state index in [1.807, 2.05) is 29.8 Å². The zero-order valence-corrected chi connectivity index (χ0v) is 21.7. The number of thiophene rings is 1. The van der Waals surface area contributed by atoms with Crippen LogP contribution in [0.4, 0.5) is 17.1 Å². The number of benzene rings is 5. The second kappa shape index (κ2) is 7.79. The summed E-state index contributed by atoms with van der Waals surface area (Å²) in [5.74, 6) is 0. The molecule has 8 aromatic rings. The lowest BCUT2D eigenvalue weighted by atomic mass is 10.0. The van der Waals surface area contributed by atoms with Gasteiger partial charge in [0, 0.05) is 54.6 Å². The molecule has 3 aromatic heterocycles. The fourth-order valence-electron chi connectivity index (χ4n) is 6.37. The van der Waals surface area contributed by atoms with Crippen LogP contribution in [-0.2, 0) is 0 Å². The standard InChI is InChI=1S/C35H21N3S/c1-4-16-31-27(11-1)33-32(39-31)18-17-26-25-12-6-15-30-34(25)38(35(26)33)29-14-3-2-13-28(29)37(30)24-10-5-8-22(20-24)23-9-7-19-36-21-23/h1-21H. The van der Waals surface area contributed by atoms with Gasteiger partial charge in [-0.05, 0) is 54.1 Å². The van der Waals surface area contributed by atoms with Crippen LogP contribution in [0.15, 0.2) is 128 Å². The molecule has 0 saturated heterocycles. The molecule has 0 saturated carbocycles. The van der Waals surface area contributed by atoms with Gasteiger partial charge in [0.2, 0.25) is 0 Å². The minimum atomic E-state index is 1.11. The van der Waals surface area contributed by atoms with Gasteiger partial charge < -0.3 is 9.47 Å². The van der Waals surface area contributed by atoms with Crippen molar-refractivity contribution in [2.45, 2.75) is 0 Å². The Labute approximate surface area is 228 Å². The minimum absolute atomic E-state index is 1.11. The third kappa shape index (κ3) is 2.84. The van der Waals surface area contributed by atoms with Crippen LogP contribution in [0.25, 0.3) is 58.8 Å². The summed E-state index contributed by atoms with van der Waals surface area (Å²) >= 11 is 1.88. The lowest BCUT2D eigenvalue weighted by Gasteiger charge is -2.33. The van der Waals surface area contributed by atoms with Crippen LogP contribution in [0, 0.1) is 0 Å². The van der Waals surface area contributed by atoms with E-state index < -0.39 is 0 Å². The summed E-state index contributed by atoms with van der Waals surface area (Å²) in [5.41, 5.74) is 9.52. The molecule has 4 heteroatoms. The van der Waals surface area contributed by atoms with E-state index in [0.29, 0.717) is 0 Å². The van der Waals surface area contributed by atoms with Gasteiger partial charge in [-0.1, -0.05) is 66.7 Å². The van der Waals surface area contributed by atoms with E-state index in [0.717, 1.165) is 16.8 Å². The van der Waals surface area contributed by atoms with Crippen molar-refractivity contribution in [2.24, 2.45) is 0 Å². The highest BCUT2D eigenvalue weighted by Gasteiger charge is 2.29. The number of nitrogens with zero attached hydrogens (tertiary/aromatic N) is 3. The monoisotopic (exact) mass is 515 g/mol. The van der Waals surface area contributed by atoms with Crippen molar-refractivity contribution < 1.29 is 0 Å². The third-order valence-corrected chi connectivity index (χ3v) is 9.11. The number of para-hydroxylation sites is 3. The van der Waals surface area contributed by atoms with E-state index >= 15 is 0 Å². The predicted octanol–water partition coefficient (Wildman–Crippen LogP) is 10.00. The molecule has 0 aliphatic carbocycles. The first-order valence-corrected chi connectivity index (χ1v) is 14.0. The zero-order chi connectivity index (χ0) is 25.5. The molecule has 3 nitrogen and oxygen atoms in total. The highest BCUT2D eigenvalue weighted by molar-refractivity contribution is 7.26. The molecular weight excluding hydrogens is 494 g/mol. The molecule has 39 heavy (non-hydrogen) atoms. The highest BCUT2D eigenvalue weighted by Crippen LogP contribution is 2.52. The molecule has 1 aliphatic heterocycles. The van der Waals surface area contributed by atoms with E-state index in [-0.39, 0.29) is 0 Å². The van der Waals surface area contributed by atoms with Crippen molar-refractivity contribution in [3.63, 3.8) is 0 Å². The number of aromatic nitrogens is 2. The molecule has 0 bridgehead atoms. The summed E-state index contributed by atoms with van der Waals surface area (Å²) in [6.45, 7) is 0. The van der Waals surface area contributed by atoms with Gasteiger partial charge in [-0.25, -0.2) is 0 Å². The summed E-state index contributed by atoms with van der Waals surface area (Å²) in [6, 6.07) is 41.8. The Balaban J connectivity index is 1.42. The normalized spacial score (nSPS) is 12.6. The molecule has 0 atom stereocenters. The van der Waals surface area contributed by atoms with Gasteiger partial charge in [-0.2, -0.15) is 0 Å². The quantitative estimate of drug-likeness (QED) is 0.228. The average molecular weight is 516 g/mol. The minimum Gasteiger partial charge on any atom is -0.306 e.